The molecule has 0 aromatic heterocycles. The normalized spacial score (nSPS) is 17.7. The molecule has 0 atom stereocenters. The number of thiocarbonyl (C=S) groups is 1. The first-order chi connectivity index (χ1) is 15.0. The number of hydrogen-bond donors (Lipinski definition) is 2. The fourth-order valence-electron chi connectivity index (χ4n) is 5.25. The topological polar surface area (TPSA) is 27.3 Å². The number of rotatable bonds is 6. The number of para-hydroxylation sites is 1. The average molecular weight is 456 g/mol. The van der Waals surface area contributed by atoms with Crippen molar-refractivity contribution in [2.45, 2.75) is 90.9 Å². The molecule has 0 aliphatic carbocycles. The number of nitrogens with one attached hydrogen (secondary N) is 2. The number of halogens is 1. The van der Waals surface area contributed by atoms with Crippen LogP contribution in [0.5, 0.6) is 0 Å². The fourth-order valence-corrected chi connectivity index (χ4v) is 5.56. The van der Waals surface area contributed by atoms with Crippen LogP contribution in [0, 0.1) is 5.82 Å². The van der Waals surface area contributed by atoms with Gasteiger partial charge in [0.25, 0.3) is 0 Å². The minimum Gasteiger partial charge on any atom is -0.341 e. The predicted octanol–water partition coefficient (Wildman–Crippen LogP) is 6.46. The molecule has 1 aliphatic rings. The van der Waals surface area contributed by atoms with Gasteiger partial charge in [0.15, 0.2) is 5.11 Å². The van der Waals surface area contributed by atoms with Crippen LogP contribution in [0.1, 0.15) is 71.1 Å². The van der Waals surface area contributed by atoms with Crippen LogP contribution in [-0.4, -0.2) is 27.1 Å². The zero-order chi connectivity index (χ0) is 23.5. The lowest BCUT2D eigenvalue weighted by atomic mass is 9.79. The summed E-state index contributed by atoms with van der Waals surface area (Å²) >= 11 is 6.02. The summed E-state index contributed by atoms with van der Waals surface area (Å²) < 4.78 is 14.6. The van der Waals surface area contributed by atoms with Crippen molar-refractivity contribution in [3.63, 3.8) is 0 Å². The second kappa shape index (κ2) is 9.88. The van der Waals surface area contributed by atoms with Crippen LogP contribution < -0.4 is 10.6 Å². The number of anilines is 1. The Morgan fingerprint density at radius 3 is 2.03 bits per heavy atom. The van der Waals surface area contributed by atoms with Crippen molar-refractivity contribution in [2.24, 2.45) is 0 Å². The molecular weight excluding hydrogens is 417 g/mol. The zero-order valence-corrected chi connectivity index (χ0v) is 21.2. The van der Waals surface area contributed by atoms with E-state index in [0.29, 0.717) is 17.2 Å². The monoisotopic (exact) mass is 455 g/mol. The van der Waals surface area contributed by atoms with E-state index in [4.69, 9.17) is 12.2 Å². The Hall–Kier alpha value is -1.98. The van der Waals surface area contributed by atoms with E-state index in [1.54, 1.807) is 6.07 Å². The smallest absolute Gasteiger partial charge is 0.173 e. The molecule has 0 amide bonds. The minimum atomic E-state index is -0.184. The van der Waals surface area contributed by atoms with E-state index in [-0.39, 0.29) is 22.9 Å². The van der Waals surface area contributed by atoms with Gasteiger partial charge in [0, 0.05) is 34.9 Å². The van der Waals surface area contributed by atoms with Crippen molar-refractivity contribution in [3.05, 3.63) is 65.0 Å². The third kappa shape index (κ3) is 5.87. The van der Waals surface area contributed by atoms with Crippen LogP contribution in [0.25, 0.3) is 0 Å². The third-order valence-corrected chi connectivity index (χ3v) is 6.74. The molecular formula is C27H38FN3S. The van der Waals surface area contributed by atoms with Crippen LogP contribution in [0.4, 0.5) is 10.1 Å². The fraction of sp³-hybridized carbons (Fsp3) is 0.519. The van der Waals surface area contributed by atoms with Gasteiger partial charge in [-0.25, -0.2) is 4.39 Å². The third-order valence-electron chi connectivity index (χ3n) is 6.40. The van der Waals surface area contributed by atoms with E-state index in [0.717, 1.165) is 31.4 Å². The summed E-state index contributed by atoms with van der Waals surface area (Å²) in [6.45, 7) is 13.7. The van der Waals surface area contributed by atoms with E-state index in [1.165, 1.54) is 17.2 Å². The summed E-state index contributed by atoms with van der Waals surface area (Å²) in [6, 6.07) is 13.6. The molecule has 3 rings (SSSR count). The molecule has 32 heavy (non-hydrogen) atoms. The molecule has 0 radical (unpaired) electrons. The molecule has 1 saturated heterocycles. The minimum absolute atomic E-state index is 0.0363. The van der Waals surface area contributed by atoms with Crippen molar-refractivity contribution in [2.75, 3.05) is 5.32 Å². The van der Waals surface area contributed by atoms with E-state index < -0.39 is 0 Å². The summed E-state index contributed by atoms with van der Waals surface area (Å²) in [5.41, 5.74) is 4.21. The Bertz CT molecular complexity index is 915. The lowest BCUT2D eigenvalue weighted by Gasteiger charge is -2.50. The highest BCUT2D eigenvalue weighted by Gasteiger charge is 2.40. The molecule has 0 spiro atoms. The molecule has 1 fully saturated rings. The maximum atomic E-state index is 14.6. The summed E-state index contributed by atoms with van der Waals surface area (Å²) in [7, 11) is 0. The lowest BCUT2D eigenvalue weighted by Crippen LogP contribution is -2.63. The maximum absolute atomic E-state index is 14.6. The van der Waals surface area contributed by atoms with Crippen LogP contribution in [-0.2, 0) is 19.4 Å². The largest absolute Gasteiger partial charge is 0.341 e. The first kappa shape index (κ1) is 24.7. The lowest BCUT2D eigenvalue weighted by molar-refractivity contribution is 0.101. The summed E-state index contributed by atoms with van der Waals surface area (Å²) in [4.78, 5) is 2.21. The Morgan fingerprint density at radius 1 is 0.969 bits per heavy atom. The molecule has 2 N–H and O–H groups in total. The Morgan fingerprint density at radius 2 is 1.50 bits per heavy atom. The zero-order valence-electron chi connectivity index (χ0n) is 20.4. The van der Waals surface area contributed by atoms with E-state index >= 15 is 0 Å². The maximum Gasteiger partial charge on any atom is 0.173 e. The SMILES string of the molecule is CCc1cccc(CC)c1NC(=S)N(Cc1ccccc1F)C1CC(C)(C)NC(C)(C)C1. The second-order valence-corrected chi connectivity index (χ2v) is 10.6. The van der Waals surface area contributed by atoms with Crippen molar-refractivity contribution in [3.8, 4) is 0 Å². The molecule has 1 heterocycles. The summed E-state index contributed by atoms with van der Waals surface area (Å²) in [6.07, 6.45) is 3.73. The van der Waals surface area contributed by atoms with Gasteiger partial charge in [-0.2, -0.15) is 0 Å². The van der Waals surface area contributed by atoms with Gasteiger partial charge in [0.05, 0.1) is 0 Å². The average Bonchev–Trinajstić information content (AvgIpc) is 2.70. The van der Waals surface area contributed by atoms with Gasteiger partial charge in [-0.15, -0.1) is 0 Å². The van der Waals surface area contributed by atoms with Crippen LogP contribution in [0.15, 0.2) is 42.5 Å². The van der Waals surface area contributed by atoms with Gasteiger partial charge in [0.1, 0.15) is 5.82 Å². The van der Waals surface area contributed by atoms with Crippen molar-refractivity contribution in [1.29, 1.82) is 0 Å². The Balaban J connectivity index is 1.97. The molecule has 174 valence electrons. The van der Waals surface area contributed by atoms with E-state index in [1.807, 2.05) is 12.1 Å². The number of aryl methyl sites for hydroxylation is 2. The van der Waals surface area contributed by atoms with Gasteiger partial charge >= 0.3 is 0 Å². The van der Waals surface area contributed by atoms with Crippen LogP contribution in [0.2, 0.25) is 0 Å². The van der Waals surface area contributed by atoms with Gasteiger partial charge in [-0.1, -0.05) is 50.2 Å². The number of hydrogen-bond acceptors (Lipinski definition) is 2. The summed E-state index contributed by atoms with van der Waals surface area (Å²) in [5.74, 6) is -0.184. The van der Waals surface area contributed by atoms with E-state index in [9.17, 15) is 4.39 Å². The van der Waals surface area contributed by atoms with Crippen LogP contribution in [0.3, 0.4) is 0 Å². The summed E-state index contributed by atoms with van der Waals surface area (Å²) in [5, 5.41) is 8.01. The van der Waals surface area contributed by atoms with Gasteiger partial charge in [0.2, 0.25) is 0 Å². The number of benzene rings is 2. The molecule has 3 nitrogen and oxygen atoms in total. The molecule has 5 heteroatoms. The molecule has 0 unspecified atom stereocenters. The van der Waals surface area contributed by atoms with E-state index in [2.05, 4.69) is 75.3 Å². The van der Waals surface area contributed by atoms with Gasteiger partial charge < -0.3 is 15.5 Å². The van der Waals surface area contributed by atoms with Crippen molar-refractivity contribution in [1.82, 2.24) is 10.2 Å². The predicted molar refractivity (Wildman–Crippen MR) is 138 cm³/mol. The Kier molecular flexibility index (Phi) is 7.61. The second-order valence-electron chi connectivity index (χ2n) is 10.3. The highest BCUT2D eigenvalue weighted by Crippen LogP contribution is 2.33. The van der Waals surface area contributed by atoms with Gasteiger partial charge in [-0.3, -0.25) is 0 Å². The quantitative estimate of drug-likeness (QED) is 0.489. The highest BCUT2D eigenvalue weighted by atomic mass is 32.1. The van der Waals surface area contributed by atoms with Gasteiger partial charge in [-0.05, 0) is 82.8 Å². The molecule has 0 bridgehead atoms. The first-order valence-corrected chi connectivity index (χ1v) is 12.2. The van der Waals surface area contributed by atoms with Crippen molar-refractivity contribution < 1.29 is 4.39 Å². The number of piperidine rings is 1. The van der Waals surface area contributed by atoms with Crippen molar-refractivity contribution >= 4 is 23.0 Å². The molecule has 2 aromatic rings. The number of nitrogens with zero attached hydrogens (tertiary/aromatic N) is 1. The standard InChI is InChI=1S/C27H38FN3S/c1-7-19-13-11-14-20(8-2)24(19)29-25(32)31(18-21-12-9-10-15-23(21)28)22-16-26(3,4)30-27(5,6)17-22/h9-15,22,30H,7-8,16-18H2,1-6H3,(H,29,32). The van der Waals surface area contributed by atoms with Crippen LogP contribution >= 0.6 is 12.2 Å². The molecule has 1 aliphatic heterocycles. The highest BCUT2D eigenvalue weighted by molar-refractivity contribution is 7.80. The first-order valence-electron chi connectivity index (χ1n) is 11.8. The Labute approximate surface area is 198 Å². The molecule has 2 aromatic carbocycles. The molecule has 0 saturated carbocycles.